The van der Waals surface area contributed by atoms with Gasteiger partial charge in [0.05, 0.1) is 23.5 Å². The number of unbranched alkanes of at least 4 members (excludes halogenated alkanes) is 24. The van der Waals surface area contributed by atoms with Crippen molar-refractivity contribution in [3.63, 3.8) is 0 Å². The van der Waals surface area contributed by atoms with Gasteiger partial charge in [0, 0.05) is 13.0 Å². The Balaban J connectivity index is 2.40. The van der Waals surface area contributed by atoms with Gasteiger partial charge in [0.15, 0.2) is 0 Å². The second kappa shape index (κ2) is 39.2. The molecule has 0 aliphatic carbocycles. The first-order valence-corrected chi connectivity index (χ1v) is 28.3. The van der Waals surface area contributed by atoms with Crippen LogP contribution in [0.4, 0.5) is 0 Å². The van der Waals surface area contributed by atoms with Gasteiger partial charge in [-0.15, -0.1) is 0 Å². The molecule has 8 nitrogen and oxygen atoms in total. The molecule has 0 aromatic carbocycles. The molecule has 0 aromatic rings. The third kappa shape index (κ3) is 31.2. The molecule has 0 bridgehead atoms. The highest BCUT2D eigenvalue weighted by atomic mass is 16.6. The summed E-state index contributed by atoms with van der Waals surface area (Å²) in [6, 6.07) is -0.386. The van der Waals surface area contributed by atoms with E-state index in [2.05, 4.69) is 32.6 Å². The highest BCUT2D eigenvalue weighted by Gasteiger charge is 2.37. The van der Waals surface area contributed by atoms with Crippen molar-refractivity contribution < 1.29 is 33.7 Å². The Labute approximate surface area is 403 Å². The number of likely N-dealkylation sites (tertiary alicyclic amines) is 1. The second-order valence-corrected chi connectivity index (χ2v) is 21.7. The van der Waals surface area contributed by atoms with E-state index in [0.717, 1.165) is 122 Å². The van der Waals surface area contributed by atoms with E-state index < -0.39 is 16.9 Å². The van der Waals surface area contributed by atoms with Gasteiger partial charge in [-0.2, -0.15) is 0 Å². The first-order valence-electron chi connectivity index (χ1n) is 28.3. The van der Waals surface area contributed by atoms with Crippen molar-refractivity contribution in [2.45, 2.75) is 317 Å². The Morgan fingerprint density at radius 3 is 1.23 bits per heavy atom. The highest BCUT2D eigenvalue weighted by molar-refractivity contribution is 5.77. The van der Waals surface area contributed by atoms with Crippen LogP contribution >= 0.6 is 0 Å². The predicted octanol–water partition coefficient (Wildman–Crippen LogP) is 16.0. The van der Waals surface area contributed by atoms with Gasteiger partial charge in [-0.1, -0.05) is 182 Å². The Morgan fingerprint density at radius 1 is 0.492 bits per heavy atom. The molecule has 8 heteroatoms. The SMILES string of the molecule is CCCCCCCCC(CCCCCCCC)OC(=O)C(C)(C)CCCCCCOC(=O)[C@@H]1C[C@H](O)CN1CCCCCCC(C)(C)C(=O)OC(CCCCCCC)CCCCCCC. The van der Waals surface area contributed by atoms with Crippen molar-refractivity contribution in [3.05, 3.63) is 0 Å². The topological polar surface area (TPSA) is 102 Å². The Bertz CT molecular complexity index is 1130. The van der Waals surface area contributed by atoms with Crippen molar-refractivity contribution >= 4 is 17.9 Å². The smallest absolute Gasteiger partial charge is 0.323 e. The average Bonchev–Trinajstić information content (AvgIpc) is 3.66. The number of hydrogen-bond donors (Lipinski definition) is 1. The molecule has 2 atom stereocenters. The standard InChI is InChI=1S/C57H109NO7/c1-9-13-17-21-25-33-41-51(42-34-26-22-18-14-10-2)65-55(62)57(7,8)44-36-28-30-38-46-63-53(60)52-47-49(59)48-58(52)45-37-29-27-35-43-56(5,6)54(61)64-50(39-31-23-19-15-11-3)40-32-24-20-16-12-4/h49-52,59H,9-48H2,1-8H3/t49-,52-/m0/s1. The number of carbonyl (C=O) groups is 3. The van der Waals surface area contributed by atoms with Crippen LogP contribution in [0, 0.1) is 10.8 Å². The van der Waals surface area contributed by atoms with Crippen LogP contribution in [0.2, 0.25) is 0 Å². The van der Waals surface area contributed by atoms with Gasteiger partial charge in [0.25, 0.3) is 0 Å². The van der Waals surface area contributed by atoms with Crippen LogP contribution in [0.3, 0.4) is 0 Å². The van der Waals surface area contributed by atoms with Crippen LogP contribution in [-0.2, 0) is 28.6 Å². The van der Waals surface area contributed by atoms with Crippen LogP contribution < -0.4 is 0 Å². The largest absolute Gasteiger partial charge is 0.465 e. The van der Waals surface area contributed by atoms with Crippen LogP contribution in [0.25, 0.3) is 0 Å². The monoisotopic (exact) mass is 920 g/mol. The fourth-order valence-electron chi connectivity index (χ4n) is 9.50. The summed E-state index contributed by atoms with van der Waals surface area (Å²) in [5.74, 6) is -0.311. The molecule has 1 saturated heterocycles. The molecule has 1 N–H and O–H groups in total. The molecule has 0 unspecified atom stereocenters. The van der Waals surface area contributed by atoms with E-state index >= 15 is 0 Å². The molecule has 1 aliphatic rings. The van der Waals surface area contributed by atoms with E-state index in [9.17, 15) is 19.5 Å². The summed E-state index contributed by atoms with van der Waals surface area (Å²) in [6.07, 6.45) is 40.5. The summed E-state index contributed by atoms with van der Waals surface area (Å²) in [6.45, 7) is 18.8. The number of ether oxygens (including phenoxy) is 3. The summed E-state index contributed by atoms with van der Waals surface area (Å²) in [5.41, 5.74) is -1.00. The minimum absolute atomic E-state index is 0.0366. The van der Waals surface area contributed by atoms with E-state index in [1.165, 1.54) is 116 Å². The minimum Gasteiger partial charge on any atom is -0.465 e. The predicted molar refractivity (Wildman–Crippen MR) is 273 cm³/mol. The molecule has 65 heavy (non-hydrogen) atoms. The number of β-amino-alcohol motifs (C(OH)–C–C–N with tert-alkyl or cyclic N) is 1. The third-order valence-corrected chi connectivity index (χ3v) is 14.3. The zero-order valence-corrected chi connectivity index (χ0v) is 44.4. The number of aliphatic hydroxyl groups excluding tert-OH is 1. The van der Waals surface area contributed by atoms with E-state index in [-0.39, 0.29) is 36.2 Å². The average molecular weight is 920 g/mol. The number of nitrogens with zero attached hydrogens (tertiary/aromatic N) is 1. The van der Waals surface area contributed by atoms with Crippen LogP contribution in [0.1, 0.15) is 293 Å². The lowest BCUT2D eigenvalue weighted by Gasteiger charge is -2.27. The summed E-state index contributed by atoms with van der Waals surface area (Å²) in [4.78, 5) is 42.1. The summed E-state index contributed by atoms with van der Waals surface area (Å²) in [5, 5.41) is 10.5. The molecule has 0 radical (unpaired) electrons. The summed E-state index contributed by atoms with van der Waals surface area (Å²) >= 11 is 0. The maximum atomic E-state index is 13.4. The lowest BCUT2D eigenvalue weighted by molar-refractivity contribution is -0.161. The van der Waals surface area contributed by atoms with E-state index in [1.54, 1.807) is 0 Å². The number of carbonyl (C=O) groups excluding carboxylic acids is 3. The number of hydrogen-bond acceptors (Lipinski definition) is 8. The Hall–Kier alpha value is -1.67. The van der Waals surface area contributed by atoms with Crippen molar-refractivity contribution in [2.24, 2.45) is 10.8 Å². The van der Waals surface area contributed by atoms with Gasteiger partial charge < -0.3 is 19.3 Å². The third-order valence-electron chi connectivity index (χ3n) is 14.3. The number of rotatable bonds is 45. The fourth-order valence-corrected chi connectivity index (χ4v) is 9.50. The van der Waals surface area contributed by atoms with Gasteiger partial charge in [0.1, 0.15) is 18.2 Å². The molecule has 0 saturated carbocycles. The zero-order valence-electron chi connectivity index (χ0n) is 44.4. The van der Waals surface area contributed by atoms with Gasteiger partial charge in [0.2, 0.25) is 0 Å². The lowest BCUT2D eigenvalue weighted by atomic mass is 9.86. The fraction of sp³-hybridized carbons (Fsp3) is 0.947. The van der Waals surface area contributed by atoms with Crippen molar-refractivity contribution in [1.29, 1.82) is 0 Å². The molecule has 0 aromatic heterocycles. The molecule has 1 aliphatic heterocycles. The minimum atomic E-state index is -0.507. The first kappa shape index (κ1) is 61.3. The Kier molecular flexibility index (Phi) is 37.0. The van der Waals surface area contributed by atoms with Gasteiger partial charge in [-0.3, -0.25) is 19.3 Å². The van der Waals surface area contributed by atoms with Crippen molar-refractivity contribution in [1.82, 2.24) is 4.90 Å². The van der Waals surface area contributed by atoms with Crippen molar-refractivity contribution in [3.8, 4) is 0 Å². The molecule has 0 spiro atoms. The molecular weight excluding hydrogens is 811 g/mol. The molecule has 1 fully saturated rings. The number of esters is 3. The summed E-state index contributed by atoms with van der Waals surface area (Å²) < 4.78 is 18.2. The van der Waals surface area contributed by atoms with Gasteiger partial charge in [-0.05, 0) is 111 Å². The van der Waals surface area contributed by atoms with E-state index in [0.29, 0.717) is 19.6 Å². The van der Waals surface area contributed by atoms with Crippen molar-refractivity contribution in [2.75, 3.05) is 19.7 Å². The van der Waals surface area contributed by atoms with E-state index in [4.69, 9.17) is 14.2 Å². The zero-order chi connectivity index (χ0) is 48.0. The molecule has 384 valence electrons. The maximum absolute atomic E-state index is 13.4. The van der Waals surface area contributed by atoms with E-state index in [1.807, 2.05) is 27.7 Å². The van der Waals surface area contributed by atoms with Crippen LogP contribution in [0.15, 0.2) is 0 Å². The molecule has 1 heterocycles. The first-order chi connectivity index (χ1) is 31.3. The number of aliphatic hydroxyl groups is 1. The normalized spacial score (nSPS) is 15.9. The second-order valence-electron chi connectivity index (χ2n) is 21.7. The van der Waals surface area contributed by atoms with Gasteiger partial charge >= 0.3 is 17.9 Å². The van der Waals surface area contributed by atoms with Crippen LogP contribution in [-0.4, -0.2) is 72.0 Å². The highest BCUT2D eigenvalue weighted by Crippen LogP contribution is 2.30. The maximum Gasteiger partial charge on any atom is 0.323 e. The Morgan fingerprint density at radius 2 is 0.831 bits per heavy atom. The quantitative estimate of drug-likeness (QED) is 0.0366. The summed E-state index contributed by atoms with van der Waals surface area (Å²) in [7, 11) is 0. The molecule has 0 amide bonds. The lowest BCUT2D eigenvalue weighted by Crippen LogP contribution is -2.38. The molecule has 1 rings (SSSR count). The van der Waals surface area contributed by atoms with Gasteiger partial charge in [-0.25, -0.2) is 0 Å². The molecular formula is C57H109NO7. The van der Waals surface area contributed by atoms with Crippen LogP contribution in [0.5, 0.6) is 0 Å².